The molecule has 1 aliphatic rings. The van der Waals surface area contributed by atoms with Crippen LogP contribution >= 0.6 is 0 Å². The van der Waals surface area contributed by atoms with E-state index < -0.39 is 10.0 Å². The summed E-state index contributed by atoms with van der Waals surface area (Å²) < 4.78 is 27.9. The van der Waals surface area contributed by atoms with E-state index in [-0.39, 0.29) is 4.90 Å². The van der Waals surface area contributed by atoms with Crippen LogP contribution < -0.4 is 9.88 Å². The van der Waals surface area contributed by atoms with Gasteiger partial charge in [0.05, 0.1) is 4.90 Å². The quantitative estimate of drug-likeness (QED) is 0.896. The Kier molecular flexibility index (Phi) is 5.01. The molecule has 0 saturated carbocycles. The molecule has 0 aromatic heterocycles. The molecule has 1 heterocycles. The van der Waals surface area contributed by atoms with Crippen LogP contribution in [0.5, 0.6) is 5.75 Å². The standard InChI is InChI=1S/C14H22N2O3S/c1-12-4-2-3-9-16(12)10-11-19-13-5-7-14(8-6-13)20(15,17)18/h5-8,12H,2-4,9-11H2,1H3,(H2,15,17,18)/t12-/m1/s1. The van der Waals surface area contributed by atoms with E-state index in [1.807, 2.05) is 0 Å². The second-order valence-corrected chi connectivity index (χ2v) is 6.81. The molecular weight excluding hydrogens is 276 g/mol. The molecule has 2 rings (SSSR count). The molecule has 2 N–H and O–H groups in total. The number of primary sulfonamides is 1. The first-order valence-corrected chi connectivity index (χ1v) is 8.51. The first-order valence-electron chi connectivity index (χ1n) is 6.96. The topological polar surface area (TPSA) is 72.6 Å². The highest BCUT2D eigenvalue weighted by atomic mass is 32.2. The normalized spacial score (nSPS) is 20.8. The third-order valence-corrected chi connectivity index (χ3v) is 4.67. The third kappa shape index (κ3) is 4.19. The Labute approximate surface area is 120 Å². The predicted octanol–water partition coefficient (Wildman–Crippen LogP) is 1.59. The number of benzene rings is 1. The summed E-state index contributed by atoms with van der Waals surface area (Å²) in [6, 6.07) is 6.83. The van der Waals surface area contributed by atoms with Crippen LogP contribution in [0.2, 0.25) is 0 Å². The van der Waals surface area contributed by atoms with E-state index in [1.54, 1.807) is 12.1 Å². The molecule has 1 aliphatic heterocycles. The van der Waals surface area contributed by atoms with Crippen LogP contribution in [0.15, 0.2) is 29.2 Å². The zero-order chi connectivity index (χ0) is 14.6. The lowest BCUT2D eigenvalue weighted by Crippen LogP contribution is -2.39. The number of hydrogen-bond acceptors (Lipinski definition) is 4. The molecule has 0 bridgehead atoms. The minimum absolute atomic E-state index is 0.106. The van der Waals surface area contributed by atoms with Crippen molar-refractivity contribution in [1.82, 2.24) is 4.90 Å². The Hall–Kier alpha value is -1.11. The van der Waals surface area contributed by atoms with Gasteiger partial charge in [-0.1, -0.05) is 6.42 Å². The maximum absolute atomic E-state index is 11.1. The lowest BCUT2D eigenvalue weighted by molar-refractivity contribution is 0.133. The molecule has 1 saturated heterocycles. The van der Waals surface area contributed by atoms with Crippen LogP contribution in [0.3, 0.4) is 0 Å². The fourth-order valence-electron chi connectivity index (χ4n) is 2.50. The predicted molar refractivity (Wildman–Crippen MR) is 78.2 cm³/mol. The summed E-state index contributed by atoms with van der Waals surface area (Å²) in [5.41, 5.74) is 0. The molecule has 1 aromatic carbocycles. The average molecular weight is 298 g/mol. The van der Waals surface area contributed by atoms with Crippen LogP contribution in [0, 0.1) is 0 Å². The van der Waals surface area contributed by atoms with Gasteiger partial charge in [0.2, 0.25) is 10.0 Å². The van der Waals surface area contributed by atoms with Crippen LogP contribution in [-0.2, 0) is 10.0 Å². The summed E-state index contributed by atoms with van der Waals surface area (Å²) in [4.78, 5) is 2.54. The van der Waals surface area contributed by atoms with Crippen molar-refractivity contribution in [1.29, 1.82) is 0 Å². The van der Waals surface area contributed by atoms with E-state index in [1.165, 1.54) is 31.4 Å². The van der Waals surface area contributed by atoms with E-state index in [0.29, 0.717) is 18.4 Å². The highest BCUT2D eigenvalue weighted by molar-refractivity contribution is 7.89. The first-order chi connectivity index (χ1) is 9.47. The van der Waals surface area contributed by atoms with Gasteiger partial charge >= 0.3 is 0 Å². The third-order valence-electron chi connectivity index (χ3n) is 3.74. The molecule has 1 fully saturated rings. The van der Waals surface area contributed by atoms with E-state index >= 15 is 0 Å². The van der Waals surface area contributed by atoms with Gasteiger partial charge in [0.15, 0.2) is 0 Å². The number of rotatable bonds is 5. The summed E-state index contributed by atoms with van der Waals surface area (Å²) in [5, 5.41) is 5.04. The zero-order valence-corrected chi connectivity index (χ0v) is 12.6. The zero-order valence-electron chi connectivity index (χ0n) is 11.8. The molecule has 0 unspecified atom stereocenters. The number of likely N-dealkylation sites (tertiary alicyclic amines) is 1. The van der Waals surface area contributed by atoms with Crippen molar-refractivity contribution in [3.8, 4) is 5.75 Å². The van der Waals surface area contributed by atoms with E-state index in [0.717, 1.165) is 13.1 Å². The highest BCUT2D eigenvalue weighted by Gasteiger charge is 2.17. The van der Waals surface area contributed by atoms with Crippen molar-refractivity contribution in [2.24, 2.45) is 5.14 Å². The van der Waals surface area contributed by atoms with Crippen molar-refractivity contribution >= 4 is 10.0 Å². The van der Waals surface area contributed by atoms with Crippen molar-refractivity contribution in [3.05, 3.63) is 24.3 Å². The van der Waals surface area contributed by atoms with Gasteiger partial charge in [-0.25, -0.2) is 13.6 Å². The summed E-state index contributed by atoms with van der Waals surface area (Å²) in [5.74, 6) is 0.669. The molecule has 6 heteroatoms. The second-order valence-electron chi connectivity index (χ2n) is 5.25. The number of nitrogens with zero attached hydrogens (tertiary/aromatic N) is 1. The van der Waals surface area contributed by atoms with Gasteiger partial charge in [0.25, 0.3) is 0 Å². The average Bonchev–Trinajstić information content (AvgIpc) is 2.40. The Bertz CT molecular complexity index is 528. The maximum Gasteiger partial charge on any atom is 0.238 e. The number of piperidine rings is 1. The molecule has 1 aromatic rings. The Morgan fingerprint density at radius 1 is 1.30 bits per heavy atom. The van der Waals surface area contributed by atoms with E-state index in [2.05, 4.69) is 11.8 Å². The lowest BCUT2D eigenvalue weighted by Gasteiger charge is -2.33. The Morgan fingerprint density at radius 3 is 2.60 bits per heavy atom. The van der Waals surface area contributed by atoms with Crippen LogP contribution in [-0.4, -0.2) is 39.1 Å². The Morgan fingerprint density at radius 2 is 2.00 bits per heavy atom. The van der Waals surface area contributed by atoms with Gasteiger partial charge in [-0.05, 0) is 50.6 Å². The molecule has 5 nitrogen and oxygen atoms in total. The summed E-state index contributed by atoms with van der Waals surface area (Å²) in [6.07, 6.45) is 3.82. The smallest absolute Gasteiger partial charge is 0.238 e. The van der Waals surface area contributed by atoms with Crippen molar-refractivity contribution < 1.29 is 13.2 Å². The van der Waals surface area contributed by atoms with Gasteiger partial charge in [0.1, 0.15) is 12.4 Å². The van der Waals surface area contributed by atoms with E-state index in [4.69, 9.17) is 9.88 Å². The molecule has 0 spiro atoms. The maximum atomic E-state index is 11.1. The number of ether oxygens (including phenoxy) is 1. The monoisotopic (exact) mass is 298 g/mol. The SMILES string of the molecule is C[C@@H]1CCCCN1CCOc1ccc(S(N)(=O)=O)cc1. The van der Waals surface area contributed by atoms with Crippen LogP contribution in [0.25, 0.3) is 0 Å². The van der Waals surface area contributed by atoms with Gasteiger partial charge in [-0.3, -0.25) is 4.90 Å². The van der Waals surface area contributed by atoms with Gasteiger partial charge in [-0.2, -0.15) is 0 Å². The van der Waals surface area contributed by atoms with E-state index in [9.17, 15) is 8.42 Å². The van der Waals surface area contributed by atoms with Gasteiger partial charge < -0.3 is 4.74 Å². The number of hydrogen-bond donors (Lipinski definition) is 1. The minimum Gasteiger partial charge on any atom is -0.492 e. The Balaban J connectivity index is 1.82. The molecule has 112 valence electrons. The summed E-state index contributed by atoms with van der Waals surface area (Å²) >= 11 is 0. The molecule has 0 aliphatic carbocycles. The van der Waals surface area contributed by atoms with Crippen molar-refractivity contribution in [3.63, 3.8) is 0 Å². The molecule has 1 atom stereocenters. The largest absolute Gasteiger partial charge is 0.492 e. The van der Waals surface area contributed by atoms with Crippen LogP contribution in [0.4, 0.5) is 0 Å². The number of sulfonamides is 1. The lowest BCUT2D eigenvalue weighted by atomic mass is 10.0. The minimum atomic E-state index is -3.63. The molecular formula is C14H22N2O3S. The fourth-order valence-corrected chi connectivity index (χ4v) is 3.01. The number of nitrogens with two attached hydrogens (primary N) is 1. The van der Waals surface area contributed by atoms with Crippen LogP contribution in [0.1, 0.15) is 26.2 Å². The summed E-state index contributed by atoms with van der Waals surface area (Å²) in [6.45, 7) is 4.89. The molecule has 0 amide bonds. The second kappa shape index (κ2) is 6.56. The molecule has 0 radical (unpaired) electrons. The van der Waals surface area contributed by atoms with Gasteiger partial charge in [0, 0.05) is 12.6 Å². The first kappa shape index (κ1) is 15.3. The summed E-state index contributed by atoms with van der Waals surface area (Å²) in [7, 11) is -3.63. The highest BCUT2D eigenvalue weighted by Crippen LogP contribution is 2.17. The molecule has 20 heavy (non-hydrogen) atoms. The van der Waals surface area contributed by atoms with Crippen molar-refractivity contribution in [2.45, 2.75) is 37.1 Å². The van der Waals surface area contributed by atoms with Gasteiger partial charge in [-0.15, -0.1) is 0 Å². The fraction of sp³-hybridized carbons (Fsp3) is 0.571. The van der Waals surface area contributed by atoms with Crippen molar-refractivity contribution in [2.75, 3.05) is 19.7 Å².